The van der Waals surface area contributed by atoms with Crippen molar-refractivity contribution in [3.8, 4) is 0 Å². The van der Waals surface area contributed by atoms with Crippen molar-refractivity contribution in [3.05, 3.63) is 0 Å². The predicted octanol–water partition coefficient (Wildman–Crippen LogP) is 2.20. The molecule has 0 aromatic heterocycles. The first-order valence-electron chi connectivity index (χ1n) is 6.13. The molecule has 0 unspecified atom stereocenters. The van der Waals surface area contributed by atoms with E-state index in [4.69, 9.17) is 28.6 Å². The van der Waals surface area contributed by atoms with Gasteiger partial charge in [-0.05, 0) is 12.8 Å². The molecule has 0 spiro atoms. The SMILES string of the molecule is CCCCO[PH](=O)OCCCC.O=P(O)(O)OP(=O)(O)O. The lowest BCUT2D eigenvalue weighted by Crippen LogP contribution is -1.90. The van der Waals surface area contributed by atoms with Crippen LogP contribution in [0.15, 0.2) is 0 Å². The standard InChI is InChI=1S/C8H19O3P.H4O7P2/c1-3-5-7-10-12(9)11-8-6-4-2;1-8(2,3)7-9(4,5)6/h12H,3-8H2,1-2H3;(H2,1,2,3)(H2,4,5,6). The summed E-state index contributed by atoms with van der Waals surface area (Å²) < 4.78 is 43.1. The number of phosphoric acid groups is 2. The maximum absolute atomic E-state index is 10.9. The summed E-state index contributed by atoms with van der Waals surface area (Å²) in [7, 11) is -12.3. The summed E-state index contributed by atoms with van der Waals surface area (Å²) in [4.78, 5) is 31.0. The summed E-state index contributed by atoms with van der Waals surface area (Å²) in [5.74, 6) is 0. The van der Waals surface area contributed by atoms with Gasteiger partial charge in [0, 0.05) is 0 Å². The third kappa shape index (κ3) is 25.7. The van der Waals surface area contributed by atoms with E-state index in [0.717, 1.165) is 25.7 Å². The van der Waals surface area contributed by atoms with E-state index in [-0.39, 0.29) is 0 Å². The molecule has 0 atom stereocenters. The summed E-state index contributed by atoms with van der Waals surface area (Å²) in [6, 6.07) is 0. The highest BCUT2D eigenvalue weighted by atomic mass is 31.3. The van der Waals surface area contributed by atoms with E-state index in [0.29, 0.717) is 13.2 Å². The maximum atomic E-state index is 10.9. The molecule has 0 aliphatic rings. The molecule has 0 bridgehead atoms. The first-order chi connectivity index (χ1) is 9.52. The summed E-state index contributed by atoms with van der Waals surface area (Å²) >= 11 is 0. The molecule has 0 aromatic carbocycles. The van der Waals surface area contributed by atoms with E-state index >= 15 is 0 Å². The molecular weight excluding hydrogens is 349 g/mol. The average Bonchev–Trinajstić information content (AvgIpc) is 2.25. The van der Waals surface area contributed by atoms with Gasteiger partial charge >= 0.3 is 23.9 Å². The van der Waals surface area contributed by atoms with Crippen LogP contribution in [0.1, 0.15) is 39.5 Å². The highest BCUT2D eigenvalue weighted by Crippen LogP contribution is 2.53. The van der Waals surface area contributed by atoms with E-state index < -0.39 is 23.9 Å². The van der Waals surface area contributed by atoms with Crippen molar-refractivity contribution in [2.75, 3.05) is 13.2 Å². The summed E-state index contributed by atoms with van der Waals surface area (Å²) in [6.07, 6.45) is 4.02. The second kappa shape index (κ2) is 12.9. The molecular formula is C8H23O10P3. The van der Waals surface area contributed by atoms with Crippen LogP contribution in [-0.4, -0.2) is 32.8 Å². The molecule has 0 radical (unpaired) electrons. The molecule has 0 amide bonds. The summed E-state index contributed by atoms with van der Waals surface area (Å²) in [5.41, 5.74) is 0. The van der Waals surface area contributed by atoms with Crippen molar-refractivity contribution in [2.45, 2.75) is 39.5 Å². The minimum Gasteiger partial charge on any atom is -0.311 e. The van der Waals surface area contributed by atoms with E-state index in [9.17, 15) is 13.7 Å². The van der Waals surface area contributed by atoms with Crippen LogP contribution in [0, 0.1) is 0 Å². The Morgan fingerprint density at radius 1 is 0.857 bits per heavy atom. The topological polar surface area (TPSA) is 160 Å². The van der Waals surface area contributed by atoms with E-state index in [1.807, 2.05) is 0 Å². The highest BCUT2D eigenvalue weighted by molar-refractivity contribution is 7.60. The summed E-state index contributed by atoms with van der Waals surface area (Å²) in [6.45, 7) is 5.25. The number of rotatable bonds is 10. The minimum atomic E-state index is -5.05. The largest absolute Gasteiger partial charge is 0.478 e. The van der Waals surface area contributed by atoms with Gasteiger partial charge in [-0.2, -0.15) is 4.31 Å². The molecule has 0 saturated carbocycles. The Morgan fingerprint density at radius 3 is 1.38 bits per heavy atom. The molecule has 21 heavy (non-hydrogen) atoms. The second-order valence-electron chi connectivity index (χ2n) is 3.72. The lowest BCUT2D eigenvalue weighted by Gasteiger charge is -2.03. The van der Waals surface area contributed by atoms with Gasteiger partial charge in [-0.25, -0.2) is 9.13 Å². The first kappa shape index (κ1) is 23.7. The van der Waals surface area contributed by atoms with Gasteiger partial charge in [0.2, 0.25) is 0 Å². The van der Waals surface area contributed by atoms with Gasteiger partial charge in [-0.3, -0.25) is 4.57 Å². The molecule has 0 aromatic rings. The molecule has 13 heteroatoms. The summed E-state index contributed by atoms with van der Waals surface area (Å²) in [5, 5.41) is 0. The van der Waals surface area contributed by atoms with Crippen LogP contribution < -0.4 is 0 Å². The van der Waals surface area contributed by atoms with Crippen molar-refractivity contribution in [3.63, 3.8) is 0 Å². The number of unbranched alkanes of at least 4 members (excludes halogenated alkanes) is 2. The fourth-order valence-corrected chi connectivity index (χ4v) is 2.59. The molecule has 0 rings (SSSR count). The Balaban J connectivity index is 0. The molecule has 0 fully saturated rings. The average molecular weight is 372 g/mol. The fraction of sp³-hybridized carbons (Fsp3) is 1.00. The quantitative estimate of drug-likeness (QED) is 0.330. The van der Waals surface area contributed by atoms with Crippen LogP contribution in [0.3, 0.4) is 0 Å². The van der Waals surface area contributed by atoms with Gasteiger partial charge in [0.05, 0.1) is 13.2 Å². The van der Waals surface area contributed by atoms with Crippen LogP contribution in [-0.2, 0) is 27.1 Å². The van der Waals surface area contributed by atoms with Crippen molar-refractivity contribution in [2.24, 2.45) is 0 Å². The van der Waals surface area contributed by atoms with E-state index in [1.54, 1.807) is 0 Å². The molecule has 0 aliphatic heterocycles. The van der Waals surface area contributed by atoms with Crippen LogP contribution in [0.5, 0.6) is 0 Å². The Bertz CT molecular complexity index is 329. The van der Waals surface area contributed by atoms with Crippen molar-refractivity contribution < 1.29 is 46.6 Å². The normalized spacial score (nSPS) is 12.1. The van der Waals surface area contributed by atoms with Gasteiger partial charge in [-0.1, -0.05) is 26.7 Å². The molecule has 4 N–H and O–H groups in total. The molecule has 0 heterocycles. The minimum absolute atomic E-state index is 0.556. The van der Waals surface area contributed by atoms with Crippen molar-refractivity contribution >= 4 is 23.9 Å². The van der Waals surface area contributed by atoms with E-state index in [2.05, 4.69) is 18.2 Å². The van der Waals surface area contributed by atoms with Gasteiger partial charge < -0.3 is 28.6 Å². The number of hydrogen-bond donors (Lipinski definition) is 4. The second-order valence-corrected chi connectivity index (χ2v) is 7.41. The Morgan fingerprint density at radius 2 is 1.19 bits per heavy atom. The Hall–Kier alpha value is 0.410. The highest BCUT2D eigenvalue weighted by Gasteiger charge is 2.27. The zero-order valence-corrected chi connectivity index (χ0v) is 14.7. The van der Waals surface area contributed by atoms with E-state index in [1.165, 1.54) is 0 Å². The van der Waals surface area contributed by atoms with Crippen molar-refractivity contribution in [1.82, 2.24) is 0 Å². The smallest absolute Gasteiger partial charge is 0.311 e. The zero-order valence-electron chi connectivity index (χ0n) is 11.9. The van der Waals surface area contributed by atoms with Crippen molar-refractivity contribution in [1.29, 1.82) is 0 Å². The predicted molar refractivity (Wildman–Crippen MR) is 75.9 cm³/mol. The molecule has 130 valence electrons. The van der Waals surface area contributed by atoms with Crippen LogP contribution in [0.4, 0.5) is 0 Å². The van der Waals surface area contributed by atoms with Gasteiger partial charge in [0.1, 0.15) is 0 Å². The Labute approximate surface area is 124 Å². The van der Waals surface area contributed by atoms with Crippen LogP contribution in [0.25, 0.3) is 0 Å². The van der Waals surface area contributed by atoms with Gasteiger partial charge in [0.25, 0.3) is 0 Å². The fourth-order valence-electron chi connectivity index (χ4n) is 0.780. The maximum Gasteiger partial charge on any atom is 0.478 e. The molecule has 0 aliphatic carbocycles. The monoisotopic (exact) mass is 372 g/mol. The van der Waals surface area contributed by atoms with Crippen LogP contribution >= 0.6 is 23.9 Å². The zero-order chi connectivity index (χ0) is 16.9. The van der Waals surface area contributed by atoms with Gasteiger partial charge in [-0.15, -0.1) is 0 Å². The lowest BCUT2D eigenvalue weighted by molar-refractivity contribution is 0.220. The molecule has 0 saturated heterocycles. The third-order valence-corrected chi connectivity index (χ3v) is 4.23. The Kier molecular flexibility index (Phi) is 14.5. The first-order valence-corrected chi connectivity index (χ1v) is 10.4. The van der Waals surface area contributed by atoms with Gasteiger partial charge in [0.15, 0.2) is 0 Å². The number of hydrogen-bond acceptors (Lipinski definition) is 6. The lowest BCUT2D eigenvalue weighted by atomic mass is 10.4. The molecule has 10 nitrogen and oxygen atoms in total. The van der Waals surface area contributed by atoms with Crippen LogP contribution in [0.2, 0.25) is 0 Å². The third-order valence-electron chi connectivity index (χ3n) is 1.65.